The third-order valence-electron chi connectivity index (χ3n) is 6.19. The van der Waals surface area contributed by atoms with Crippen LogP contribution in [0.4, 0.5) is 24.7 Å². The van der Waals surface area contributed by atoms with Crippen LogP contribution in [0.3, 0.4) is 0 Å². The van der Waals surface area contributed by atoms with E-state index in [9.17, 15) is 18.0 Å². The molecule has 1 aromatic carbocycles. The van der Waals surface area contributed by atoms with Crippen molar-refractivity contribution in [3.63, 3.8) is 0 Å². The summed E-state index contributed by atoms with van der Waals surface area (Å²) < 4.78 is 49.1. The normalized spacial score (nSPS) is 18.0. The van der Waals surface area contributed by atoms with Crippen molar-refractivity contribution < 1.29 is 32.9 Å². The summed E-state index contributed by atoms with van der Waals surface area (Å²) in [6, 6.07) is 3.68. The number of hydrogen-bond acceptors (Lipinski definition) is 7. The summed E-state index contributed by atoms with van der Waals surface area (Å²) in [6.45, 7) is 2.73. The first-order valence-corrected chi connectivity index (χ1v) is 12.4. The fraction of sp³-hybridized carbons (Fsp3) is 0.500. The highest BCUT2D eigenvalue weighted by Crippen LogP contribution is 2.32. The van der Waals surface area contributed by atoms with E-state index in [1.54, 1.807) is 7.11 Å². The number of unbranched alkanes of at least 4 members (excludes halogenated alkanes) is 1. The molecule has 1 saturated heterocycles. The van der Waals surface area contributed by atoms with Gasteiger partial charge in [0.2, 0.25) is 0 Å². The van der Waals surface area contributed by atoms with Gasteiger partial charge in [-0.2, -0.15) is 13.2 Å². The monoisotopic (exact) mass is 581 g/mol. The SMILES string of the molecule is COc1cc(N)c(Cl)cc1C(=O)N[C@@H]1CCN(CCCCNc2ncc(C(F)(F)F)cc2Cl)C[C@@H]1OC.O. The average molecular weight is 582 g/mol. The number of aromatic nitrogens is 1. The van der Waals surface area contributed by atoms with Crippen molar-refractivity contribution in [3.8, 4) is 5.75 Å². The van der Waals surface area contributed by atoms with Gasteiger partial charge in [0, 0.05) is 39.0 Å². The third-order valence-corrected chi connectivity index (χ3v) is 6.80. The molecule has 0 aliphatic carbocycles. The van der Waals surface area contributed by atoms with Crippen molar-refractivity contribution in [1.82, 2.24) is 15.2 Å². The number of pyridine rings is 1. The lowest BCUT2D eigenvalue weighted by atomic mass is 10.0. The van der Waals surface area contributed by atoms with E-state index in [2.05, 4.69) is 20.5 Å². The van der Waals surface area contributed by atoms with Crippen LogP contribution in [0.1, 0.15) is 35.2 Å². The first-order valence-electron chi connectivity index (χ1n) is 11.7. The number of methoxy groups -OCH3 is 2. The van der Waals surface area contributed by atoms with E-state index >= 15 is 0 Å². The third kappa shape index (κ3) is 8.24. The van der Waals surface area contributed by atoms with Crippen molar-refractivity contribution in [1.29, 1.82) is 0 Å². The van der Waals surface area contributed by atoms with E-state index in [-0.39, 0.29) is 39.4 Å². The maximum atomic E-state index is 12.9. The topological polar surface area (TPSA) is 133 Å². The van der Waals surface area contributed by atoms with Crippen molar-refractivity contribution in [2.45, 2.75) is 37.6 Å². The molecule has 0 bridgehead atoms. The Labute approximate surface area is 229 Å². The molecule has 1 aromatic heterocycles. The minimum atomic E-state index is -4.48. The van der Waals surface area contributed by atoms with Gasteiger partial charge < -0.3 is 36.2 Å². The number of nitrogens with one attached hydrogen (secondary N) is 2. The van der Waals surface area contributed by atoms with E-state index in [1.165, 1.54) is 19.2 Å². The number of nitrogens with zero attached hydrogens (tertiary/aromatic N) is 2. The molecular formula is C24H32Cl2F3N5O4. The minimum absolute atomic E-state index is 0. The quantitative estimate of drug-likeness (QED) is 0.286. The molecule has 1 aliphatic heterocycles. The summed E-state index contributed by atoms with van der Waals surface area (Å²) in [5.74, 6) is 0.248. The Hall–Kier alpha value is -2.51. The summed E-state index contributed by atoms with van der Waals surface area (Å²) in [5.41, 5.74) is 5.55. The van der Waals surface area contributed by atoms with Gasteiger partial charge >= 0.3 is 6.18 Å². The Balaban J connectivity index is 0.00000507. The summed E-state index contributed by atoms with van der Waals surface area (Å²) >= 11 is 12.0. The number of piperidine rings is 1. The van der Waals surface area contributed by atoms with Crippen molar-refractivity contribution >= 4 is 40.6 Å². The molecule has 2 atom stereocenters. The largest absolute Gasteiger partial charge is 0.496 e. The van der Waals surface area contributed by atoms with Gasteiger partial charge in [0.05, 0.1) is 46.1 Å². The summed E-state index contributed by atoms with van der Waals surface area (Å²) in [4.78, 5) is 18.9. The summed E-state index contributed by atoms with van der Waals surface area (Å²) in [7, 11) is 3.07. The molecule has 3 rings (SSSR count). The van der Waals surface area contributed by atoms with Crippen molar-refractivity contribution in [3.05, 3.63) is 45.6 Å². The first-order chi connectivity index (χ1) is 17.5. The molecule has 2 heterocycles. The Morgan fingerprint density at radius 3 is 2.58 bits per heavy atom. The Morgan fingerprint density at radius 2 is 1.95 bits per heavy atom. The predicted octanol–water partition coefficient (Wildman–Crippen LogP) is 3.88. The second kappa shape index (κ2) is 14.0. The molecule has 1 aliphatic rings. The van der Waals surface area contributed by atoms with E-state index in [4.69, 9.17) is 38.4 Å². The van der Waals surface area contributed by atoms with Crippen LogP contribution in [-0.2, 0) is 10.9 Å². The van der Waals surface area contributed by atoms with Crippen LogP contribution in [0.2, 0.25) is 10.0 Å². The second-order valence-corrected chi connectivity index (χ2v) is 9.52. The minimum Gasteiger partial charge on any atom is -0.496 e. The first kappa shape index (κ1) is 31.7. The number of halogens is 5. The number of rotatable bonds is 10. The van der Waals surface area contributed by atoms with Gasteiger partial charge in [0.15, 0.2) is 0 Å². The predicted molar refractivity (Wildman–Crippen MR) is 141 cm³/mol. The Morgan fingerprint density at radius 1 is 1.21 bits per heavy atom. The number of likely N-dealkylation sites (tertiary alicyclic amines) is 1. The van der Waals surface area contributed by atoms with Gasteiger partial charge in [0.1, 0.15) is 11.6 Å². The molecule has 1 amide bonds. The summed E-state index contributed by atoms with van der Waals surface area (Å²) in [6.07, 6.45) is -1.62. The van der Waals surface area contributed by atoms with Gasteiger partial charge in [-0.25, -0.2) is 4.98 Å². The second-order valence-electron chi connectivity index (χ2n) is 8.70. The van der Waals surface area contributed by atoms with E-state index in [0.29, 0.717) is 36.5 Å². The number of benzene rings is 1. The molecule has 212 valence electrons. The fourth-order valence-corrected chi connectivity index (χ4v) is 4.54. The number of amides is 1. The van der Waals surface area contributed by atoms with Crippen LogP contribution in [-0.4, -0.2) is 73.8 Å². The molecule has 0 radical (unpaired) electrons. The van der Waals surface area contributed by atoms with Crippen molar-refractivity contribution in [2.24, 2.45) is 0 Å². The van der Waals surface area contributed by atoms with Gasteiger partial charge in [0.25, 0.3) is 5.91 Å². The molecule has 0 saturated carbocycles. The Bertz CT molecular complexity index is 1090. The molecule has 0 unspecified atom stereocenters. The number of nitrogen functional groups attached to an aromatic ring is 1. The number of hydrogen-bond donors (Lipinski definition) is 3. The zero-order chi connectivity index (χ0) is 27.2. The lowest BCUT2D eigenvalue weighted by molar-refractivity contribution is -0.137. The van der Waals surface area contributed by atoms with Crippen LogP contribution >= 0.6 is 23.2 Å². The lowest BCUT2D eigenvalue weighted by Crippen LogP contribution is -2.54. The van der Waals surface area contributed by atoms with E-state index in [0.717, 1.165) is 38.2 Å². The highest BCUT2D eigenvalue weighted by molar-refractivity contribution is 6.33. The van der Waals surface area contributed by atoms with Gasteiger partial charge in [-0.3, -0.25) is 4.79 Å². The van der Waals surface area contributed by atoms with Crippen molar-refractivity contribution in [2.75, 3.05) is 51.4 Å². The molecule has 9 nitrogen and oxygen atoms in total. The van der Waals surface area contributed by atoms with Crippen LogP contribution in [0.25, 0.3) is 0 Å². The van der Waals surface area contributed by atoms with Crippen LogP contribution < -0.4 is 21.1 Å². The van der Waals surface area contributed by atoms with Crippen LogP contribution in [0, 0.1) is 0 Å². The zero-order valence-corrected chi connectivity index (χ0v) is 22.5. The highest BCUT2D eigenvalue weighted by atomic mass is 35.5. The van der Waals surface area contributed by atoms with Crippen LogP contribution in [0.5, 0.6) is 5.75 Å². The highest BCUT2D eigenvalue weighted by Gasteiger charge is 2.32. The molecule has 6 N–H and O–H groups in total. The summed E-state index contributed by atoms with van der Waals surface area (Å²) in [5, 5.41) is 6.21. The molecular weight excluding hydrogens is 550 g/mol. The van der Waals surface area contributed by atoms with E-state index < -0.39 is 11.7 Å². The van der Waals surface area contributed by atoms with E-state index in [1.807, 2.05) is 0 Å². The molecule has 1 fully saturated rings. The number of alkyl halides is 3. The van der Waals surface area contributed by atoms with Gasteiger partial charge in [-0.15, -0.1) is 0 Å². The zero-order valence-electron chi connectivity index (χ0n) is 21.0. The average Bonchev–Trinajstić information content (AvgIpc) is 2.86. The number of ether oxygens (including phenoxy) is 2. The smallest absolute Gasteiger partial charge is 0.417 e. The maximum absolute atomic E-state index is 12.9. The maximum Gasteiger partial charge on any atom is 0.417 e. The fourth-order valence-electron chi connectivity index (χ4n) is 4.14. The lowest BCUT2D eigenvalue weighted by Gasteiger charge is -2.38. The molecule has 2 aromatic rings. The number of anilines is 2. The standard InChI is InChI=1S/C24H30Cl2F3N5O3.H2O/c1-36-20-11-18(30)16(25)10-15(20)23(35)33-19-5-8-34(13-21(19)37-2)7-4-3-6-31-22-17(26)9-14(12-32-22)24(27,28)29;/h9-12,19,21H,3-8,13,30H2,1-2H3,(H,31,32)(H,33,35);1H2/t19-,21+;/m1./s1. The van der Waals surface area contributed by atoms with Gasteiger partial charge in [-0.1, -0.05) is 23.2 Å². The number of carbonyl (C=O) groups is 1. The van der Waals surface area contributed by atoms with Crippen LogP contribution in [0.15, 0.2) is 24.4 Å². The number of carbonyl (C=O) groups excluding carboxylic acids is 1. The number of nitrogens with two attached hydrogens (primary N) is 1. The Kier molecular flexibility index (Phi) is 11.7. The molecule has 14 heteroatoms. The molecule has 38 heavy (non-hydrogen) atoms. The molecule has 0 spiro atoms. The van der Waals surface area contributed by atoms with Gasteiger partial charge in [-0.05, 0) is 37.9 Å².